The maximum atomic E-state index is 12.1. The van der Waals surface area contributed by atoms with Crippen molar-refractivity contribution < 1.29 is 9.53 Å². The summed E-state index contributed by atoms with van der Waals surface area (Å²) in [5.74, 6) is 0.830. The number of hydrogen-bond donors (Lipinski definition) is 1. The van der Waals surface area contributed by atoms with Gasteiger partial charge >= 0.3 is 0 Å². The lowest BCUT2D eigenvalue weighted by molar-refractivity contribution is -0.123. The highest BCUT2D eigenvalue weighted by atomic mass is 16.5. The molecule has 1 saturated heterocycles. The highest BCUT2D eigenvalue weighted by Crippen LogP contribution is 2.18. The number of nitrogens with one attached hydrogen (secondary N) is 1. The van der Waals surface area contributed by atoms with Gasteiger partial charge in [0.25, 0.3) is 0 Å². The summed E-state index contributed by atoms with van der Waals surface area (Å²) in [6.07, 6.45) is 8.45. The highest BCUT2D eigenvalue weighted by Gasteiger charge is 2.25. The summed E-state index contributed by atoms with van der Waals surface area (Å²) in [5, 5.41) is 3.20. The molecule has 1 amide bonds. The zero-order valence-electron chi connectivity index (χ0n) is 12.9. The summed E-state index contributed by atoms with van der Waals surface area (Å²) in [6, 6.07) is 0.433. The number of carbonyl (C=O) groups excluding carboxylic acids is 1. The summed E-state index contributed by atoms with van der Waals surface area (Å²) in [4.78, 5) is 14.3. The molecule has 2 rings (SSSR count). The van der Waals surface area contributed by atoms with Gasteiger partial charge in [0.05, 0.1) is 13.2 Å². The van der Waals surface area contributed by atoms with Gasteiger partial charge < -0.3 is 10.1 Å². The van der Waals surface area contributed by atoms with E-state index in [4.69, 9.17) is 4.74 Å². The van der Waals surface area contributed by atoms with Crippen molar-refractivity contribution in [1.29, 1.82) is 0 Å². The van der Waals surface area contributed by atoms with E-state index in [-0.39, 0.29) is 5.91 Å². The van der Waals surface area contributed by atoms with Crippen molar-refractivity contribution in [2.24, 2.45) is 5.92 Å². The standard InChI is InChI=1S/C16H30N2O2/c1-2-10-20-13-14-8-9-18(11-14)12-16(19)17-15-6-4-3-5-7-15/h14-15H,2-13H2,1H3,(H,17,19)/t14-/m1/s1. The van der Waals surface area contributed by atoms with E-state index < -0.39 is 0 Å². The number of likely N-dealkylation sites (tertiary alicyclic amines) is 1. The number of ether oxygens (including phenoxy) is 1. The van der Waals surface area contributed by atoms with Crippen LogP contribution in [0.1, 0.15) is 51.9 Å². The molecule has 1 aliphatic carbocycles. The molecule has 1 aliphatic heterocycles. The van der Waals surface area contributed by atoms with E-state index in [9.17, 15) is 4.79 Å². The molecule has 4 heteroatoms. The average Bonchev–Trinajstić information content (AvgIpc) is 2.87. The van der Waals surface area contributed by atoms with Gasteiger partial charge in [0.15, 0.2) is 0 Å². The van der Waals surface area contributed by atoms with Crippen molar-refractivity contribution in [2.75, 3.05) is 32.8 Å². The Balaban J connectivity index is 1.60. The fourth-order valence-corrected chi connectivity index (χ4v) is 3.31. The van der Waals surface area contributed by atoms with E-state index in [2.05, 4.69) is 17.1 Å². The molecule has 4 nitrogen and oxygen atoms in total. The van der Waals surface area contributed by atoms with Gasteiger partial charge in [0.2, 0.25) is 5.91 Å². The third kappa shape index (κ3) is 5.41. The maximum Gasteiger partial charge on any atom is 0.234 e. The molecule has 0 aromatic carbocycles. The average molecular weight is 282 g/mol. The van der Waals surface area contributed by atoms with Crippen LogP contribution >= 0.6 is 0 Å². The Morgan fingerprint density at radius 3 is 2.80 bits per heavy atom. The first-order chi connectivity index (χ1) is 9.78. The Morgan fingerprint density at radius 1 is 1.25 bits per heavy atom. The van der Waals surface area contributed by atoms with Gasteiger partial charge in [-0.05, 0) is 38.1 Å². The molecule has 0 unspecified atom stereocenters. The summed E-state index contributed by atoms with van der Waals surface area (Å²) in [7, 11) is 0. The maximum absolute atomic E-state index is 12.1. The van der Waals surface area contributed by atoms with Crippen LogP contribution in [0.5, 0.6) is 0 Å². The Kier molecular flexibility index (Phi) is 6.80. The molecule has 0 aromatic rings. The molecule has 1 atom stereocenters. The van der Waals surface area contributed by atoms with Crippen molar-refractivity contribution in [2.45, 2.75) is 57.9 Å². The van der Waals surface area contributed by atoms with E-state index in [1.807, 2.05) is 0 Å². The first-order valence-corrected chi connectivity index (χ1v) is 8.37. The number of nitrogens with zero attached hydrogens (tertiary/aromatic N) is 1. The smallest absolute Gasteiger partial charge is 0.234 e. The predicted molar refractivity (Wildman–Crippen MR) is 80.7 cm³/mol. The van der Waals surface area contributed by atoms with E-state index in [1.165, 1.54) is 38.5 Å². The van der Waals surface area contributed by atoms with Crippen molar-refractivity contribution in [1.82, 2.24) is 10.2 Å². The molecule has 0 bridgehead atoms. The summed E-state index contributed by atoms with van der Waals surface area (Å²) < 4.78 is 5.61. The topological polar surface area (TPSA) is 41.6 Å². The lowest BCUT2D eigenvalue weighted by Crippen LogP contribution is -2.42. The molecule has 0 aromatic heterocycles. The van der Waals surface area contributed by atoms with Crippen LogP contribution < -0.4 is 5.32 Å². The monoisotopic (exact) mass is 282 g/mol. The first-order valence-electron chi connectivity index (χ1n) is 8.37. The number of carbonyl (C=O) groups is 1. The fourth-order valence-electron chi connectivity index (χ4n) is 3.31. The van der Waals surface area contributed by atoms with Gasteiger partial charge in [0, 0.05) is 19.2 Å². The summed E-state index contributed by atoms with van der Waals surface area (Å²) in [6.45, 7) is 6.48. The number of rotatable bonds is 7. The molecule has 2 fully saturated rings. The molecule has 1 heterocycles. The fraction of sp³-hybridized carbons (Fsp3) is 0.938. The largest absolute Gasteiger partial charge is 0.381 e. The Labute approximate surface area is 123 Å². The minimum atomic E-state index is 0.215. The first kappa shape index (κ1) is 15.8. The zero-order chi connectivity index (χ0) is 14.2. The molecule has 1 N–H and O–H groups in total. The van der Waals surface area contributed by atoms with Gasteiger partial charge in [-0.1, -0.05) is 26.2 Å². The number of amides is 1. The molecule has 1 saturated carbocycles. The van der Waals surface area contributed by atoms with Crippen LogP contribution in [0.25, 0.3) is 0 Å². The predicted octanol–water partition coefficient (Wildman–Crippen LogP) is 2.18. The third-order valence-corrected chi connectivity index (χ3v) is 4.41. The van der Waals surface area contributed by atoms with E-state index in [0.717, 1.165) is 32.7 Å². The van der Waals surface area contributed by atoms with Crippen molar-refractivity contribution in [3.63, 3.8) is 0 Å². The Bertz CT molecular complexity index is 290. The molecule has 20 heavy (non-hydrogen) atoms. The quantitative estimate of drug-likeness (QED) is 0.728. The third-order valence-electron chi connectivity index (χ3n) is 4.41. The van der Waals surface area contributed by atoms with Crippen LogP contribution in [0.15, 0.2) is 0 Å². The molecular weight excluding hydrogens is 252 g/mol. The minimum absolute atomic E-state index is 0.215. The normalized spacial score (nSPS) is 24.9. The lowest BCUT2D eigenvalue weighted by atomic mass is 9.95. The molecule has 2 aliphatic rings. The van der Waals surface area contributed by atoms with Gasteiger partial charge in [-0.15, -0.1) is 0 Å². The summed E-state index contributed by atoms with van der Waals surface area (Å²) >= 11 is 0. The van der Waals surface area contributed by atoms with Gasteiger partial charge in [-0.3, -0.25) is 9.69 Å². The van der Waals surface area contributed by atoms with E-state index in [0.29, 0.717) is 18.5 Å². The van der Waals surface area contributed by atoms with Crippen molar-refractivity contribution in [3.8, 4) is 0 Å². The van der Waals surface area contributed by atoms with Crippen LogP contribution in [0.2, 0.25) is 0 Å². The summed E-state index contributed by atoms with van der Waals surface area (Å²) in [5.41, 5.74) is 0. The van der Waals surface area contributed by atoms with Crippen molar-refractivity contribution >= 4 is 5.91 Å². The highest BCUT2D eigenvalue weighted by molar-refractivity contribution is 5.78. The van der Waals surface area contributed by atoms with Gasteiger partial charge in [-0.2, -0.15) is 0 Å². The second-order valence-electron chi connectivity index (χ2n) is 6.37. The Hall–Kier alpha value is -0.610. The Morgan fingerprint density at radius 2 is 2.05 bits per heavy atom. The van der Waals surface area contributed by atoms with E-state index in [1.54, 1.807) is 0 Å². The number of hydrogen-bond acceptors (Lipinski definition) is 3. The van der Waals surface area contributed by atoms with E-state index >= 15 is 0 Å². The SMILES string of the molecule is CCCOC[C@@H]1CCN(CC(=O)NC2CCCCC2)C1. The van der Waals surface area contributed by atoms with Gasteiger partial charge in [-0.25, -0.2) is 0 Å². The van der Waals surface area contributed by atoms with Crippen LogP contribution in [-0.4, -0.2) is 49.7 Å². The van der Waals surface area contributed by atoms with Crippen molar-refractivity contribution in [3.05, 3.63) is 0 Å². The zero-order valence-corrected chi connectivity index (χ0v) is 12.9. The molecule has 0 radical (unpaired) electrons. The van der Waals surface area contributed by atoms with Crippen LogP contribution in [-0.2, 0) is 9.53 Å². The van der Waals surface area contributed by atoms with Gasteiger partial charge in [0.1, 0.15) is 0 Å². The van der Waals surface area contributed by atoms with Crippen LogP contribution in [0.4, 0.5) is 0 Å². The second-order valence-corrected chi connectivity index (χ2v) is 6.37. The lowest BCUT2D eigenvalue weighted by Gasteiger charge is -2.24. The molecular formula is C16H30N2O2. The van der Waals surface area contributed by atoms with Crippen LogP contribution in [0.3, 0.4) is 0 Å². The molecule has 0 spiro atoms. The molecule has 116 valence electrons. The second kappa shape index (κ2) is 8.63. The minimum Gasteiger partial charge on any atom is -0.381 e. The van der Waals surface area contributed by atoms with Crippen LogP contribution in [0, 0.1) is 5.92 Å².